The molecule has 0 heterocycles. The minimum absolute atomic E-state index is 0.0505. The molecule has 2 atom stereocenters. The third-order valence-electron chi connectivity index (χ3n) is 1.33. The van der Waals surface area contributed by atoms with Crippen molar-refractivity contribution in [1.29, 1.82) is 0 Å². The van der Waals surface area contributed by atoms with Gasteiger partial charge in [-0.1, -0.05) is 0 Å². The average Bonchev–Trinajstić information content (AvgIpc) is 2.02. The van der Waals surface area contributed by atoms with Crippen LogP contribution < -0.4 is 11.1 Å². The molecule has 0 aliphatic carbocycles. The molecule has 3 N–H and O–H groups in total. The van der Waals surface area contributed by atoms with Crippen molar-refractivity contribution in [3.05, 3.63) is 0 Å². The van der Waals surface area contributed by atoms with Crippen LogP contribution in [-0.4, -0.2) is 34.7 Å². The van der Waals surface area contributed by atoms with Crippen molar-refractivity contribution in [2.24, 2.45) is 5.73 Å². The molecular formula is C6H14N2O2S. The van der Waals surface area contributed by atoms with Gasteiger partial charge in [-0.15, -0.1) is 0 Å². The summed E-state index contributed by atoms with van der Waals surface area (Å²) in [7, 11) is 0.389. The van der Waals surface area contributed by atoms with E-state index in [1.54, 1.807) is 6.92 Å². The van der Waals surface area contributed by atoms with Gasteiger partial charge in [0.15, 0.2) is 0 Å². The molecule has 0 aromatic carbocycles. The van der Waals surface area contributed by atoms with Crippen molar-refractivity contribution in [3.63, 3.8) is 0 Å². The molecule has 0 fully saturated rings. The Hall–Kier alpha value is -0.420. The summed E-state index contributed by atoms with van der Waals surface area (Å²) in [5, 5.41) is 2.30. The Morgan fingerprint density at radius 3 is 2.64 bits per heavy atom. The molecule has 0 aromatic heterocycles. The zero-order valence-electron chi connectivity index (χ0n) is 6.79. The van der Waals surface area contributed by atoms with Crippen LogP contribution in [0, 0.1) is 0 Å². The summed E-state index contributed by atoms with van der Waals surface area (Å²) in [6, 6.07) is 0. The van der Waals surface area contributed by atoms with Crippen LogP contribution >= 0.6 is 0 Å². The predicted octanol–water partition coefficient (Wildman–Crippen LogP) is -1.17. The number of nitrogens with two attached hydrogens (primary N) is 1. The van der Waals surface area contributed by atoms with Crippen molar-refractivity contribution in [2.75, 3.05) is 19.3 Å². The Bertz CT molecular complexity index is 161. The molecule has 11 heavy (non-hydrogen) atoms. The summed E-state index contributed by atoms with van der Waals surface area (Å²) in [4.78, 5) is 10.7. The Labute approximate surface area is 69.0 Å². The molecule has 1 amide bonds. The summed E-state index contributed by atoms with van der Waals surface area (Å²) in [5.41, 5.74) is 5.27. The van der Waals surface area contributed by atoms with Gasteiger partial charge in [-0.2, -0.15) is 0 Å². The molecular weight excluding hydrogens is 164 g/mol. The van der Waals surface area contributed by atoms with Crippen LogP contribution in [-0.2, 0) is 15.6 Å². The minimum atomic E-state index is -1.13. The molecule has 0 radical (unpaired) electrons. The fraction of sp³-hybridized carbons (Fsp3) is 0.833. The number of carbonyl (C=O) groups is 1. The van der Waals surface area contributed by atoms with E-state index >= 15 is 0 Å². The molecule has 0 rings (SSSR count). The average molecular weight is 178 g/mol. The molecule has 0 saturated carbocycles. The summed E-state index contributed by atoms with van der Waals surface area (Å²) >= 11 is 0. The lowest BCUT2D eigenvalue weighted by Crippen LogP contribution is -2.31. The Morgan fingerprint density at radius 1 is 1.73 bits per heavy atom. The molecule has 66 valence electrons. The lowest BCUT2D eigenvalue weighted by Gasteiger charge is -2.06. The maximum Gasteiger partial charge on any atom is 0.232 e. The predicted molar refractivity (Wildman–Crippen MR) is 45.6 cm³/mol. The van der Waals surface area contributed by atoms with Gasteiger partial charge in [-0.05, 0) is 6.92 Å². The molecule has 0 bridgehead atoms. The lowest BCUT2D eigenvalue weighted by molar-refractivity contribution is -0.118. The summed E-state index contributed by atoms with van der Waals surface area (Å²) in [6.07, 6.45) is 0. The first-order chi connectivity index (χ1) is 5.11. The van der Waals surface area contributed by atoms with Crippen LogP contribution in [0.3, 0.4) is 0 Å². The number of hydrogen-bond donors (Lipinski definition) is 2. The highest BCUT2D eigenvalue weighted by molar-refractivity contribution is 7.86. The standard InChI is InChI=1S/C6H14N2O2S/c1-5(3-7)11(10)4-6(9)8-2/h5H,3-4,7H2,1-2H3,(H,8,9). The van der Waals surface area contributed by atoms with E-state index in [2.05, 4.69) is 5.32 Å². The van der Waals surface area contributed by atoms with E-state index in [-0.39, 0.29) is 16.9 Å². The van der Waals surface area contributed by atoms with E-state index < -0.39 is 10.8 Å². The summed E-state index contributed by atoms with van der Waals surface area (Å²) in [6.45, 7) is 2.11. The quantitative estimate of drug-likeness (QED) is 0.569. The molecule has 0 spiro atoms. The van der Waals surface area contributed by atoms with E-state index in [4.69, 9.17) is 5.73 Å². The Kier molecular flexibility index (Phi) is 5.06. The summed E-state index contributed by atoms with van der Waals surface area (Å²) < 4.78 is 11.1. The normalized spacial score (nSPS) is 15.5. The van der Waals surface area contributed by atoms with Crippen LogP contribution in [0.5, 0.6) is 0 Å². The second-order valence-electron chi connectivity index (χ2n) is 2.24. The van der Waals surface area contributed by atoms with E-state index in [1.807, 2.05) is 0 Å². The second kappa shape index (κ2) is 5.26. The van der Waals surface area contributed by atoms with Crippen LogP contribution in [0.4, 0.5) is 0 Å². The Morgan fingerprint density at radius 2 is 2.27 bits per heavy atom. The molecule has 2 unspecified atom stereocenters. The lowest BCUT2D eigenvalue weighted by atomic mass is 10.5. The van der Waals surface area contributed by atoms with Crippen molar-refractivity contribution >= 4 is 16.7 Å². The van der Waals surface area contributed by atoms with Gasteiger partial charge in [0.2, 0.25) is 5.91 Å². The fourth-order valence-electron chi connectivity index (χ4n) is 0.451. The Balaban J connectivity index is 3.77. The van der Waals surface area contributed by atoms with E-state index in [9.17, 15) is 9.00 Å². The zero-order chi connectivity index (χ0) is 8.85. The first kappa shape index (κ1) is 10.6. The zero-order valence-corrected chi connectivity index (χ0v) is 7.61. The van der Waals surface area contributed by atoms with Crippen LogP contribution in [0.2, 0.25) is 0 Å². The highest BCUT2D eigenvalue weighted by Crippen LogP contribution is 1.92. The SMILES string of the molecule is CNC(=O)CS(=O)C(C)CN. The van der Waals surface area contributed by atoms with Crippen LogP contribution in [0.15, 0.2) is 0 Å². The minimum Gasteiger partial charge on any atom is -0.358 e. The topological polar surface area (TPSA) is 72.2 Å². The molecule has 0 saturated heterocycles. The number of carbonyl (C=O) groups excluding carboxylic acids is 1. The smallest absolute Gasteiger partial charge is 0.232 e. The van der Waals surface area contributed by atoms with Gasteiger partial charge in [0, 0.05) is 29.6 Å². The first-order valence-corrected chi connectivity index (χ1v) is 4.77. The second-order valence-corrected chi connectivity index (χ2v) is 4.10. The first-order valence-electron chi connectivity index (χ1n) is 3.39. The number of nitrogens with one attached hydrogen (secondary N) is 1. The molecule has 4 nitrogen and oxygen atoms in total. The third-order valence-corrected chi connectivity index (χ3v) is 2.97. The van der Waals surface area contributed by atoms with Gasteiger partial charge >= 0.3 is 0 Å². The fourth-order valence-corrected chi connectivity index (χ4v) is 1.35. The highest BCUT2D eigenvalue weighted by Gasteiger charge is 2.11. The highest BCUT2D eigenvalue weighted by atomic mass is 32.2. The van der Waals surface area contributed by atoms with Crippen molar-refractivity contribution in [1.82, 2.24) is 5.32 Å². The molecule has 0 aliphatic heterocycles. The number of amides is 1. The van der Waals surface area contributed by atoms with E-state index in [1.165, 1.54) is 7.05 Å². The van der Waals surface area contributed by atoms with Gasteiger partial charge in [-0.25, -0.2) is 0 Å². The van der Waals surface area contributed by atoms with Crippen LogP contribution in [0.1, 0.15) is 6.92 Å². The van der Waals surface area contributed by atoms with Crippen molar-refractivity contribution in [3.8, 4) is 0 Å². The van der Waals surface area contributed by atoms with Gasteiger partial charge in [0.1, 0.15) is 5.75 Å². The largest absolute Gasteiger partial charge is 0.358 e. The van der Waals surface area contributed by atoms with Crippen molar-refractivity contribution in [2.45, 2.75) is 12.2 Å². The maximum absolute atomic E-state index is 11.1. The van der Waals surface area contributed by atoms with E-state index in [0.717, 1.165) is 0 Å². The number of rotatable bonds is 4. The van der Waals surface area contributed by atoms with Gasteiger partial charge in [0.05, 0.1) is 0 Å². The van der Waals surface area contributed by atoms with Crippen molar-refractivity contribution < 1.29 is 9.00 Å². The summed E-state index contributed by atoms with van der Waals surface area (Å²) in [5.74, 6) is -0.155. The molecule has 5 heteroatoms. The van der Waals surface area contributed by atoms with Gasteiger partial charge in [-0.3, -0.25) is 9.00 Å². The maximum atomic E-state index is 11.1. The van der Waals surface area contributed by atoms with Gasteiger partial charge < -0.3 is 11.1 Å². The van der Waals surface area contributed by atoms with E-state index in [0.29, 0.717) is 6.54 Å². The monoisotopic (exact) mass is 178 g/mol. The number of hydrogen-bond acceptors (Lipinski definition) is 3. The third kappa shape index (κ3) is 4.10. The van der Waals surface area contributed by atoms with Crippen LogP contribution in [0.25, 0.3) is 0 Å². The molecule has 0 aliphatic rings. The molecule has 0 aromatic rings. The van der Waals surface area contributed by atoms with Gasteiger partial charge in [0.25, 0.3) is 0 Å².